The zero-order chi connectivity index (χ0) is 20.3. The summed E-state index contributed by atoms with van der Waals surface area (Å²) in [5.41, 5.74) is 1.87. The van der Waals surface area contributed by atoms with Crippen LogP contribution >= 0.6 is 11.6 Å². The summed E-state index contributed by atoms with van der Waals surface area (Å²) in [5.74, 6) is -1.52. The summed E-state index contributed by atoms with van der Waals surface area (Å²) in [7, 11) is 1.63. The topological polar surface area (TPSA) is 76.8 Å². The van der Waals surface area contributed by atoms with E-state index in [0.717, 1.165) is 17.2 Å². The normalized spacial score (nSPS) is 10.7. The highest BCUT2D eigenvalue weighted by molar-refractivity contribution is 6.31. The SMILES string of the molecule is Cc1ccccc1CN(C)C(=O)COC(=O)c1cc(=O)c2cc(Cl)ccc2o1. The minimum Gasteiger partial charge on any atom is -0.450 e. The van der Waals surface area contributed by atoms with Crippen LogP contribution in [0, 0.1) is 6.92 Å². The number of hydrogen-bond acceptors (Lipinski definition) is 5. The molecular weight excluding hydrogens is 382 g/mol. The molecule has 7 heteroatoms. The first-order chi connectivity index (χ1) is 13.3. The van der Waals surface area contributed by atoms with Crippen molar-refractivity contribution in [2.24, 2.45) is 0 Å². The van der Waals surface area contributed by atoms with Crippen molar-refractivity contribution in [3.05, 3.63) is 80.7 Å². The van der Waals surface area contributed by atoms with Crippen LogP contribution in [-0.2, 0) is 16.1 Å². The molecule has 0 spiro atoms. The molecule has 0 aliphatic carbocycles. The highest BCUT2D eigenvalue weighted by atomic mass is 35.5. The summed E-state index contributed by atoms with van der Waals surface area (Å²) >= 11 is 5.86. The van der Waals surface area contributed by atoms with Gasteiger partial charge in [-0.2, -0.15) is 0 Å². The lowest BCUT2D eigenvalue weighted by atomic mass is 10.1. The second-order valence-corrected chi connectivity index (χ2v) is 6.80. The Hall–Kier alpha value is -3.12. The third kappa shape index (κ3) is 4.40. The minimum absolute atomic E-state index is 0.215. The fourth-order valence-corrected chi connectivity index (χ4v) is 2.84. The van der Waals surface area contributed by atoms with E-state index in [1.807, 2.05) is 31.2 Å². The van der Waals surface area contributed by atoms with Crippen molar-refractivity contribution >= 4 is 34.4 Å². The van der Waals surface area contributed by atoms with Crippen molar-refractivity contribution in [3.63, 3.8) is 0 Å². The molecule has 0 saturated heterocycles. The third-order valence-corrected chi connectivity index (χ3v) is 4.55. The first-order valence-electron chi connectivity index (χ1n) is 8.54. The van der Waals surface area contributed by atoms with E-state index < -0.39 is 18.0 Å². The highest BCUT2D eigenvalue weighted by Gasteiger charge is 2.17. The van der Waals surface area contributed by atoms with Crippen LogP contribution in [0.2, 0.25) is 5.02 Å². The van der Waals surface area contributed by atoms with Gasteiger partial charge in [0.25, 0.3) is 5.91 Å². The van der Waals surface area contributed by atoms with Gasteiger partial charge in [0.2, 0.25) is 5.76 Å². The predicted molar refractivity (Wildman–Crippen MR) is 105 cm³/mol. The smallest absolute Gasteiger partial charge is 0.374 e. The molecule has 0 saturated carbocycles. The Morgan fingerprint density at radius 1 is 1.14 bits per heavy atom. The summed E-state index contributed by atoms with van der Waals surface area (Å²) in [5, 5.41) is 0.649. The van der Waals surface area contributed by atoms with Crippen molar-refractivity contribution in [1.29, 1.82) is 0 Å². The van der Waals surface area contributed by atoms with Crippen molar-refractivity contribution in [2.75, 3.05) is 13.7 Å². The second-order valence-electron chi connectivity index (χ2n) is 6.37. The Morgan fingerprint density at radius 2 is 1.89 bits per heavy atom. The number of benzene rings is 2. The molecule has 0 radical (unpaired) electrons. The van der Waals surface area contributed by atoms with Crippen LogP contribution in [0.3, 0.4) is 0 Å². The van der Waals surface area contributed by atoms with Gasteiger partial charge in [0.15, 0.2) is 12.0 Å². The highest BCUT2D eigenvalue weighted by Crippen LogP contribution is 2.18. The van der Waals surface area contributed by atoms with Gasteiger partial charge in [-0.3, -0.25) is 9.59 Å². The van der Waals surface area contributed by atoms with Gasteiger partial charge in [-0.15, -0.1) is 0 Å². The molecule has 144 valence electrons. The lowest BCUT2D eigenvalue weighted by Gasteiger charge is -2.18. The van der Waals surface area contributed by atoms with Gasteiger partial charge < -0.3 is 14.1 Å². The Morgan fingerprint density at radius 3 is 2.64 bits per heavy atom. The molecule has 2 aromatic carbocycles. The molecular formula is C21H18ClNO5. The molecule has 6 nitrogen and oxygen atoms in total. The van der Waals surface area contributed by atoms with Gasteiger partial charge in [0.1, 0.15) is 5.58 Å². The van der Waals surface area contributed by atoms with E-state index in [4.69, 9.17) is 20.8 Å². The number of carbonyl (C=O) groups is 2. The van der Waals surface area contributed by atoms with Gasteiger partial charge in [0, 0.05) is 24.7 Å². The number of hydrogen-bond donors (Lipinski definition) is 0. The Labute approximate surface area is 166 Å². The van der Waals surface area contributed by atoms with Gasteiger partial charge in [-0.25, -0.2) is 4.79 Å². The van der Waals surface area contributed by atoms with Crippen LogP contribution in [-0.4, -0.2) is 30.4 Å². The molecule has 3 aromatic rings. The molecule has 3 rings (SSSR count). The number of fused-ring (bicyclic) bond motifs is 1. The lowest BCUT2D eigenvalue weighted by Crippen LogP contribution is -2.31. The number of esters is 1. The number of likely N-dealkylation sites (N-methyl/N-ethyl adjacent to an activating group) is 1. The number of nitrogens with zero attached hydrogens (tertiary/aromatic N) is 1. The van der Waals surface area contributed by atoms with Crippen molar-refractivity contribution in [3.8, 4) is 0 Å². The first kappa shape index (κ1) is 19.6. The van der Waals surface area contributed by atoms with Crippen LogP contribution in [0.5, 0.6) is 0 Å². The molecule has 0 unspecified atom stereocenters. The first-order valence-corrected chi connectivity index (χ1v) is 8.92. The average molecular weight is 400 g/mol. The number of carbonyl (C=O) groups excluding carboxylic acids is 2. The number of rotatable bonds is 5. The van der Waals surface area contributed by atoms with E-state index in [1.54, 1.807) is 13.1 Å². The number of amides is 1. The molecule has 0 N–H and O–H groups in total. The van der Waals surface area contributed by atoms with E-state index in [1.165, 1.54) is 17.0 Å². The zero-order valence-electron chi connectivity index (χ0n) is 15.4. The van der Waals surface area contributed by atoms with Crippen molar-refractivity contribution in [1.82, 2.24) is 4.90 Å². The summed E-state index contributed by atoms with van der Waals surface area (Å²) < 4.78 is 10.4. The van der Waals surface area contributed by atoms with Crippen LogP contribution < -0.4 is 5.43 Å². The van der Waals surface area contributed by atoms with E-state index in [-0.39, 0.29) is 22.6 Å². The number of halogens is 1. The Kier molecular flexibility index (Phi) is 5.80. The van der Waals surface area contributed by atoms with Gasteiger partial charge >= 0.3 is 5.97 Å². The summed E-state index contributed by atoms with van der Waals surface area (Å²) in [4.78, 5) is 38.1. The van der Waals surface area contributed by atoms with Crippen LogP contribution in [0.15, 0.2) is 57.7 Å². The molecule has 0 bridgehead atoms. The number of ether oxygens (including phenoxy) is 1. The van der Waals surface area contributed by atoms with E-state index in [2.05, 4.69) is 0 Å². The summed E-state index contributed by atoms with van der Waals surface area (Å²) in [6, 6.07) is 13.3. The fraction of sp³-hybridized carbons (Fsp3) is 0.190. The average Bonchev–Trinajstić information content (AvgIpc) is 2.67. The molecule has 0 fully saturated rings. The Bertz CT molecular complexity index is 1110. The maximum absolute atomic E-state index is 12.3. The van der Waals surface area contributed by atoms with Crippen LogP contribution in [0.25, 0.3) is 11.0 Å². The largest absolute Gasteiger partial charge is 0.450 e. The third-order valence-electron chi connectivity index (χ3n) is 4.31. The molecule has 0 atom stereocenters. The summed E-state index contributed by atoms with van der Waals surface area (Å²) in [6.07, 6.45) is 0. The molecule has 1 amide bonds. The van der Waals surface area contributed by atoms with Crippen molar-refractivity contribution < 1.29 is 18.7 Å². The molecule has 0 aliphatic rings. The molecule has 1 heterocycles. The van der Waals surface area contributed by atoms with E-state index in [0.29, 0.717) is 11.6 Å². The molecule has 1 aromatic heterocycles. The van der Waals surface area contributed by atoms with Gasteiger partial charge in [0.05, 0.1) is 5.39 Å². The molecule has 28 heavy (non-hydrogen) atoms. The summed E-state index contributed by atoms with van der Waals surface area (Å²) in [6.45, 7) is 1.90. The Balaban J connectivity index is 1.66. The maximum Gasteiger partial charge on any atom is 0.374 e. The quantitative estimate of drug-likeness (QED) is 0.613. The van der Waals surface area contributed by atoms with Gasteiger partial charge in [-0.1, -0.05) is 35.9 Å². The second kappa shape index (κ2) is 8.27. The van der Waals surface area contributed by atoms with Crippen LogP contribution in [0.1, 0.15) is 21.7 Å². The lowest BCUT2D eigenvalue weighted by molar-refractivity contribution is -0.133. The van der Waals surface area contributed by atoms with Crippen molar-refractivity contribution in [2.45, 2.75) is 13.5 Å². The fourth-order valence-electron chi connectivity index (χ4n) is 2.67. The monoisotopic (exact) mass is 399 g/mol. The standard InChI is InChI=1S/C21H18ClNO5/c1-13-5-3-4-6-14(13)11-23(2)20(25)12-27-21(26)19-10-17(24)16-9-15(22)7-8-18(16)28-19/h3-10H,11-12H2,1-2H3. The molecule has 0 aliphatic heterocycles. The van der Waals surface area contributed by atoms with E-state index in [9.17, 15) is 14.4 Å². The van der Waals surface area contributed by atoms with Crippen LogP contribution in [0.4, 0.5) is 0 Å². The number of aryl methyl sites for hydroxylation is 1. The minimum atomic E-state index is -0.883. The maximum atomic E-state index is 12.3. The van der Waals surface area contributed by atoms with Gasteiger partial charge in [-0.05, 0) is 36.2 Å². The van der Waals surface area contributed by atoms with E-state index >= 15 is 0 Å². The zero-order valence-corrected chi connectivity index (χ0v) is 16.2. The predicted octanol–water partition coefficient (Wildman–Crippen LogP) is 3.57.